The molecular formula is C9H12N2O2S2. The maximum atomic E-state index is 11.1. The fourth-order valence-electron chi connectivity index (χ4n) is 1.43. The number of sulfone groups is 1. The summed E-state index contributed by atoms with van der Waals surface area (Å²) in [5, 5.41) is 7.43. The van der Waals surface area contributed by atoms with Crippen molar-refractivity contribution >= 4 is 21.2 Å². The van der Waals surface area contributed by atoms with Crippen LogP contribution in [-0.4, -0.2) is 25.2 Å². The molecule has 0 aromatic carbocycles. The molecule has 0 spiro atoms. The lowest BCUT2D eigenvalue weighted by atomic mass is 10.3. The molecule has 2 rings (SSSR count). The van der Waals surface area contributed by atoms with E-state index in [9.17, 15) is 8.42 Å². The van der Waals surface area contributed by atoms with E-state index in [1.807, 2.05) is 12.3 Å². The molecule has 1 aliphatic rings. The molecule has 0 fully saturated rings. The molecule has 1 unspecified atom stereocenters. The number of hydrogen-bond acceptors (Lipinski definition) is 5. The summed E-state index contributed by atoms with van der Waals surface area (Å²) in [6.45, 7) is 2.57. The van der Waals surface area contributed by atoms with Gasteiger partial charge >= 0.3 is 0 Å². The van der Waals surface area contributed by atoms with Crippen LogP contribution >= 0.6 is 11.3 Å². The summed E-state index contributed by atoms with van der Waals surface area (Å²) in [7, 11) is -2.96. The number of nitrogens with zero attached hydrogens (tertiary/aromatic N) is 1. The summed E-state index contributed by atoms with van der Waals surface area (Å²) in [5.74, 6) is 0.163. The van der Waals surface area contributed by atoms with E-state index in [1.54, 1.807) is 17.4 Å². The van der Waals surface area contributed by atoms with Crippen molar-refractivity contribution < 1.29 is 8.42 Å². The minimum atomic E-state index is -2.96. The summed E-state index contributed by atoms with van der Waals surface area (Å²) in [6.07, 6.45) is 1.69. The van der Waals surface area contributed by atoms with Gasteiger partial charge in [0.15, 0.2) is 9.84 Å². The predicted octanol–water partition coefficient (Wildman–Crippen LogP) is 0.852. The number of rotatable bonds is 3. The molecule has 1 aromatic rings. The molecule has 82 valence electrons. The van der Waals surface area contributed by atoms with Gasteiger partial charge in [0.05, 0.1) is 16.5 Å². The summed E-state index contributed by atoms with van der Waals surface area (Å²) in [4.78, 5) is 4.29. The fourth-order valence-corrected chi connectivity index (χ4v) is 3.31. The second-order valence-electron chi connectivity index (χ2n) is 3.50. The zero-order valence-corrected chi connectivity index (χ0v) is 9.94. The van der Waals surface area contributed by atoms with Crippen molar-refractivity contribution in [3.63, 3.8) is 0 Å². The van der Waals surface area contributed by atoms with E-state index in [-0.39, 0.29) is 11.8 Å². The maximum absolute atomic E-state index is 11.1. The highest BCUT2D eigenvalue weighted by Gasteiger charge is 2.20. The Kier molecular flexibility index (Phi) is 2.90. The smallest absolute Gasteiger partial charge is 0.173 e. The molecule has 1 aliphatic heterocycles. The average molecular weight is 244 g/mol. The quantitative estimate of drug-likeness (QED) is 0.856. The Bertz CT molecular complexity index is 476. The van der Waals surface area contributed by atoms with E-state index < -0.39 is 9.84 Å². The van der Waals surface area contributed by atoms with Crippen LogP contribution in [-0.2, 0) is 16.4 Å². The average Bonchev–Trinajstić information content (AvgIpc) is 2.69. The SMILES string of the molecule is Cc1nc(CNC2C=CS(=O)(=O)C2)cs1. The van der Waals surface area contributed by atoms with Crippen LogP contribution in [0.3, 0.4) is 0 Å². The largest absolute Gasteiger partial charge is 0.304 e. The van der Waals surface area contributed by atoms with E-state index in [0.29, 0.717) is 6.54 Å². The van der Waals surface area contributed by atoms with E-state index in [2.05, 4.69) is 10.3 Å². The van der Waals surface area contributed by atoms with Gasteiger partial charge in [0.2, 0.25) is 0 Å². The Morgan fingerprint density at radius 1 is 1.67 bits per heavy atom. The van der Waals surface area contributed by atoms with E-state index in [0.717, 1.165) is 10.7 Å². The molecule has 0 radical (unpaired) electrons. The van der Waals surface area contributed by atoms with Crippen LogP contribution < -0.4 is 5.32 Å². The lowest BCUT2D eigenvalue weighted by molar-refractivity contribution is 0.588. The van der Waals surface area contributed by atoms with Crippen LogP contribution in [0.4, 0.5) is 0 Å². The normalized spacial score (nSPS) is 23.4. The zero-order chi connectivity index (χ0) is 10.9. The molecule has 6 heteroatoms. The van der Waals surface area contributed by atoms with Crippen molar-refractivity contribution in [2.75, 3.05) is 5.75 Å². The van der Waals surface area contributed by atoms with Crippen molar-refractivity contribution in [2.45, 2.75) is 19.5 Å². The van der Waals surface area contributed by atoms with Crippen LogP contribution in [0.25, 0.3) is 0 Å². The Morgan fingerprint density at radius 2 is 2.47 bits per heavy atom. The first kappa shape index (κ1) is 10.8. The second kappa shape index (κ2) is 4.03. The molecule has 4 nitrogen and oxygen atoms in total. The molecule has 0 saturated heterocycles. The third kappa shape index (κ3) is 2.87. The first-order valence-corrected chi connectivity index (χ1v) is 7.20. The highest BCUT2D eigenvalue weighted by atomic mass is 32.2. The summed E-state index contributed by atoms with van der Waals surface area (Å²) < 4.78 is 22.2. The first-order chi connectivity index (χ1) is 7.05. The molecule has 0 amide bonds. The molecule has 1 aromatic heterocycles. The Morgan fingerprint density at radius 3 is 3.00 bits per heavy atom. The first-order valence-electron chi connectivity index (χ1n) is 4.60. The molecular weight excluding hydrogens is 232 g/mol. The zero-order valence-electron chi connectivity index (χ0n) is 8.30. The van der Waals surface area contributed by atoms with E-state index in [1.165, 1.54) is 5.41 Å². The van der Waals surface area contributed by atoms with Gasteiger partial charge in [-0.3, -0.25) is 0 Å². The Labute approximate surface area is 93.0 Å². The van der Waals surface area contributed by atoms with Gasteiger partial charge in [0, 0.05) is 23.4 Å². The van der Waals surface area contributed by atoms with Crippen LogP contribution in [0.5, 0.6) is 0 Å². The van der Waals surface area contributed by atoms with E-state index in [4.69, 9.17) is 0 Å². The molecule has 1 N–H and O–H groups in total. The molecule has 0 aliphatic carbocycles. The highest BCUT2D eigenvalue weighted by Crippen LogP contribution is 2.10. The second-order valence-corrected chi connectivity index (χ2v) is 6.50. The Hall–Kier alpha value is -0.720. The molecule has 0 bridgehead atoms. The summed E-state index contributed by atoms with van der Waals surface area (Å²) >= 11 is 1.60. The monoisotopic (exact) mass is 244 g/mol. The topological polar surface area (TPSA) is 59.1 Å². The van der Waals surface area contributed by atoms with Crippen molar-refractivity contribution in [2.24, 2.45) is 0 Å². The molecule has 1 atom stereocenters. The van der Waals surface area contributed by atoms with Gasteiger partial charge in [0.1, 0.15) is 0 Å². The number of hydrogen-bond donors (Lipinski definition) is 1. The van der Waals surface area contributed by atoms with Gasteiger partial charge in [-0.25, -0.2) is 13.4 Å². The van der Waals surface area contributed by atoms with Crippen LogP contribution in [0.2, 0.25) is 0 Å². The van der Waals surface area contributed by atoms with Crippen molar-refractivity contribution in [1.82, 2.24) is 10.3 Å². The lowest BCUT2D eigenvalue weighted by Gasteiger charge is -2.07. The number of aromatic nitrogens is 1. The van der Waals surface area contributed by atoms with Gasteiger partial charge in [-0.05, 0) is 6.92 Å². The highest BCUT2D eigenvalue weighted by molar-refractivity contribution is 7.94. The van der Waals surface area contributed by atoms with Crippen LogP contribution in [0.1, 0.15) is 10.7 Å². The molecule has 15 heavy (non-hydrogen) atoms. The summed E-state index contributed by atoms with van der Waals surface area (Å²) in [6, 6.07) is -0.0722. The number of thiazole rings is 1. The number of aryl methyl sites for hydroxylation is 1. The maximum Gasteiger partial charge on any atom is 0.173 e. The third-order valence-electron chi connectivity index (χ3n) is 2.14. The summed E-state index contributed by atoms with van der Waals surface area (Å²) in [5.41, 5.74) is 0.968. The fraction of sp³-hybridized carbons (Fsp3) is 0.444. The molecule has 0 saturated carbocycles. The van der Waals surface area contributed by atoms with Crippen molar-refractivity contribution in [3.05, 3.63) is 27.6 Å². The van der Waals surface area contributed by atoms with Gasteiger partial charge in [-0.1, -0.05) is 6.08 Å². The number of nitrogens with one attached hydrogen (secondary N) is 1. The predicted molar refractivity (Wildman–Crippen MR) is 60.4 cm³/mol. The van der Waals surface area contributed by atoms with Gasteiger partial charge in [-0.2, -0.15) is 0 Å². The van der Waals surface area contributed by atoms with Crippen LogP contribution in [0, 0.1) is 6.92 Å². The van der Waals surface area contributed by atoms with Gasteiger partial charge in [-0.15, -0.1) is 11.3 Å². The van der Waals surface area contributed by atoms with Crippen LogP contribution in [0.15, 0.2) is 16.9 Å². The minimum absolute atomic E-state index is 0.0722. The van der Waals surface area contributed by atoms with E-state index >= 15 is 0 Å². The Balaban J connectivity index is 1.88. The lowest BCUT2D eigenvalue weighted by Crippen LogP contribution is -2.29. The van der Waals surface area contributed by atoms with Crippen molar-refractivity contribution in [1.29, 1.82) is 0 Å². The standard InChI is InChI=1S/C9H12N2O2S2/c1-7-11-9(5-14-7)4-10-8-2-3-15(12,13)6-8/h2-3,5,8,10H,4,6H2,1H3. The minimum Gasteiger partial charge on any atom is -0.304 e. The third-order valence-corrected chi connectivity index (χ3v) is 4.36. The van der Waals surface area contributed by atoms with Gasteiger partial charge in [0.25, 0.3) is 0 Å². The van der Waals surface area contributed by atoms with Crippen molar-refractivity contribution in [3.8, 4) is 0 Å². The van der Waals surface area contributed by atoms with Gasteiger partial charge < -0.3 is 5.32 Å². The molecule has 2 heterocycles.